The second-order valence-corrected chi connectivity index (χ2v) is 7.29. The van der Waals surface area contributed by atoms with E-state index in [0.717, 1.165) is 23.8 Å². The number of nitrogens with two attached hydrogens (primary N) is 1. The first kappa shape index (κ1) is 19.6. The molecule has 11 heteroatoms. The summed E-state index contributed by atoms with van der Waals surface area (Å²) in [6.45, 7) is -0.408. The number of carbonyl (C=O) groups is 2. The van der Waals surface area contributed by atoms with Crippen LogP contribution in [0.3, 0.4) is 0 Å². The summed E-state index contributed by atoms with van der Waals surface area (Å²) in [6, 6.07) is 7.56. The van der Waals surface area contributed by atoms with Gasteiger partial charge in [-0.25, -0.2) is 22.7 Å². The molecule has 0 spiro atoms. The van der Waals surface area contributed by atoms with Crippen molar-refractivity contribution >= 4 is 21.9 Å². The van der Waals surface area contributed by atoms with Gasteiger partial charge >= 0.3 is 5.97 Å². The summed E-state index contributed by atoms with van der Waals surface area (Å²) in [6.07, 6.45) is 0. The van der Waals surface area contributed by atoms with Crippen LogP contribution in [0.15, 0.2) is 41.3 Å². The molecule has 1 heterocycles. The van der Waals surface area contributed by atoms with Gasteiger partial charge in [-0.15, -0.1) is 0 Å². The molecule has 1 aliphatic rings. The number of hydrogen-bond donors (Lipinski definition) is 2. The number of rotatable bonds is 6. The maximum Gasteiger partial charge on any atom is 0.341 e. The standard InChI is InChI=1S/C17H15FN2O7S/c18-13-3-2-11(28(19,23)24)6-12(13)17(22)25-8-16(21)20-7-10-1-4-14-15(5-10)27-9-26-14/h1-6H,7-9H2,(H,20,21)(H2,19,23,24). The average molecular weight is 410 g/mol. The summed E-state index contributed by atoms with van der Waals surface area (Å²) in [4.78, 5) is 23.3. The smallest absolute Gasteiger partial charge is 0.341 e. The van der Waals surface area contributed by atoms with Crippen molar-refractivity contribution in [1.82, 2.24) is 5.32 Å². The van der Waals surface area contributed by atoms with Crippen LogP contribution in [0.5, 0.6) is 11.5 Å². The van der Waals surface area contributed by atoms with Crippen LogP contribution in [-0.4, -0.2) is 33.7 Å². The van der Waals surface area contributed by atoms with E-state index < -0.39 is 44.8 Å². The van der Waals surface area contributed by atoms with Crippen molar-refractivity contribution < 1.29 is 36.6 Å². The topological polar surface area (TPSA) is 134 Å². The molecule has 0 saturated carbocycles. The molecule has 0 radical (unpaired) electrons. The molecular formula is C17H15FN2O7S. The van der Waals surface area contributed by atoms with Gasteiger partial charge in [0.15, 0.2) is 18.1 Å². The highest BCUT2D eigenvalue weighted by Crippen LogP contribution is 2.32. The number of primary sulfonamides is 1. The van der Waals surface area contributed by atoms with Crippen molar-refractivity contribution in [2.45, 2.75) is 11.4 Å². The molecule has 148 valence electrons. The molecule has 1 amide bonds. The van der Waals surface area contributed by atoms with E-state index in [9.17, 15) is 22.4 Å². The van der Waals surface area contributed by atoms with Crippen molar-refractivity contribution in [3.8, 4) is 11.5 Å². The Balaban J connectivity index is 1.55. The second-order valence-electron chi connectivity index (χ2n) is 5.73. The fourth-order valence-corrected chi connectivity index (χ4v) is 2.89. The van der Waals surface area contributed by atoms with Gasteiger partial charge in [-0.2, -0.15) is 0 Å². The summed E-state index contributed by atoms with van der Waals surface area (Å²) in [5, 5.41) is 7.47. The lowest BCUT2D eigenvalue weighted by molar-refractivity contribution is -0.124. The van der Waals surface area contributed by atoms with Crippen LogP contribution in [0.4, 0.5) is 4.39 Å². The minimum Gasteiger partial charge on any atom is -0.454 e. The van der Waals surface area contributed by atoms with Crippen LogP contribution in [-0.2, 0) is 26.1 Å². The third-order valence-corrected chi connectivity index (χ3v) is 4.66. The van der Waals surface area contributed by atoms with Gasteiger partial charge < -0.3 is 19.5 Å². The Hall–Kier alpha value is -3.18. The number of amides is 1. The minimum atomic E-state index is -4.12. The van der Waals surface area contributed by atoms with E-state index in [1.807, 2.05) is 0 Å². The van der Waals surface area contributed by atoms with Crippen molar-refractivity contribution in [3.05, 3.63) is 53.3 Å². The lowest BCUT2D eigenvalue weighted by atomic mass is 10.2. The van der Waals surface area contributed by atoms with Gasteiger partial charge in [0.1, 0.15) is 5.82 Å². The van der Waals surface area contributed by atoms with E-state index in [-0.39, 0.29) is 13.3 Å². The molecule has 0 aliphatic carbocycles. The lowest BCUT2D eigenvalue weighted by Crippen LogP contribution is -2.28. The SMILES string of the molecule is NS(=O)(=O)c1ccc(F)c(C(=O)OCC(=O)NCc2ccc3c(c2)OCO3)c1. The number of ether oxygens (including phenoxy) is 3. The van der Waals surface area contributed by atoms with E-state index >= 15 is 0 Å². The number of fused-ring (bicyclic) bond motifs is 1. The Labute approximate surface area is 159 Å². The molecule has 2 aromatic rings. The van der Waals surface area contributed by atoms with Crippen molar-refractivity contribution in [1.29, 1.82) is 0 Å². The zero-order chi connectivity index (χ0) is 20.3. The molecule has 2 aromatic carbocycles. The van der Waals surface area contributed by atoms with Gasteiger partial charge in [0.2, 0.25) is 16.8 Å². The molecule has 1 aliphatic heterocycles. The molecular weight excluding hydrogens is 395 g/mol. The Morgan fingerprint density at radius 1 is 1.14 bits per heavy atom. The van der Waals surface area contributed by atoms with Gasteiger partial charge in [0.05, 0.1) is 10.5 Å². The highest BCUT2D eigenvalue weighted by Gasteiger charge is 2.19. The number of halogens is 1. The highest BCUT2D eigenvalue weighted by molar-refractivity contribution is 7.89. The molecule has 3 N–H and O–H groups in total. The summed E-state index contributed by atoms with van der Waals surface area (Å²) < 4.78 is 51.5. The maximum absolute atomic E-state index is 13.8. The normalized spacial score (nSPS) is 12.5. The minimum absolute atomic E-state index is 0.129. The average Bonchev–Trinajstić information content (AvgIpc) is 3.11. The molecule has 28 heavy (non-hydrogen) atoms. The van der Waals surface area contributed by atoms with E-state index in [4.69, 9.17) is 19.3 Å². The predicted octanol–water partition coefficient (Wildman–Crippen LogP) is 0.675. The van der Waals surface area contributed by atoms with E-state index in [1.165, 1.54) is 0 Å². The molecule has 0 aromatic heterocycles. The van der Waals surface area contributed by atoms with Crippen LogP contribution >= 0.6 is 0 Å². The summed E-state index contributed by atoms with van der Waals surface area (Å²) >= 11 is 0. The summed E-state index contributed by atoms with van der Waals surface area (Å²) in [5.41, 5.74) is 0.0888. The first-order chi connectivity index (χ1) is 13.2. The van der Waals surface area contributed by atoms with Crippen molar-refractivity contribution in [2.24, 2.45) is 5.14 Å². The number of sulfonamides is 1. The van der Waals surface area contributed by atoms with Gasteiger partial charge in [-0.3, -0.25) is 4.79 Å². The number of nitrogens with one attached hydrogen (secondary N) is 1. The van der Waals surface area contributed by atoms with Crippen LogP contribution in [0, 0.1) is 5.82 Å². The Kier molecular flexibility index (Phi) is 5.47. The summed E-state index contributed by atoms with van der Waals surface area (Å²) in [5.74, 6) is -1.66. The fourth-order valence-electron chi connectivity index (χ4n) is 2.35. The molecule has 0 bridgehead atoms. The largest absolute Gasteiger partial charge is 0.454 e. The van der Waals surface area contributed by atoms with Gasteiger partial charge in [0, 0.05) is 6.54 Å². The second kappa shape index (κ2) is 7.82. The Bertz CT molecular complexity index is 1040. The molecule has 9 nitrogen and oxygen atoms in total. The number of esters is 1. The molecule has 0 saturated heterocycles. The fraction of sp³-hybridized carbons (Fsp3) is 0.176. The Morgan fingerprint density at radius 2 is 1.89 bits per heavy atom. The number of hydrogen-bond acceptors (Lipinski definition) is 7. The van der Waals surface area contributed by atoms with Gasteiger partial charge in [-0.05, 0) is 35.9 Å². The zero-order valence-electron chi connectivity index (χ0n) is 14.3. The number of benzene rings is 2. The third-order valence-electron chi connectivity index (χ3n) is 3.75. The van der Waals surface area contributed by atoms with Crippen LogP contribution in [0.2, 0.25) is 0 Å². The predicted molar refractivity (Wildman–Crippen MR) is 92.5 cm³/mol. The molecule has 0 atom stereocenters. The van der Waals surface area contributed by atoms with Crippen LogP contribution in [0.1, 0.15) is 15.9 Å². The van der Waals surface area contributed by atoms with Crippen LogP contribution < -0.4 is 19.9 Å². The van der Waals surface area contributed by atoms with Crippen LogP contribution in [0.25, 0.3) is 0 Å². The highest BCUT2D eigenvalue weighted by atomic mass is 32.2. The van der Waals surface area contributed by atoms with E-state index in [0.29, 0.717) is 11.5 Å². The van der Waals surface area contributed by atoms with Crippen molar-refractivity contribution in [2.75, 3.05) is 13.4 Å². The quantitative estimate of drug-likeness (QED) is 0.669. The monoisotopic (exact) mass is 410 g/mol. The van der Waals surface area contributed by atoms with Gasteiger partial charge in [0.25, 0.3) is 5.91 Å². The molecule has 3 rings (SSSR count). The third kappa shape index (κ3) is 4.56. The van der Waals surface area contributed by atoms with Gasteiger partial charge in [-0.1, -0.05) is 6.07 Å². The maximum atomic E-state index is 13.8. The van der Waals surface area contributed by atoms with Crippen molar-refractivity contribution in [3.63, 3.8) is 0 Å². The molecule has 0 unspecified atom stereocenters. The van der Waals surface area contributed by atoms with E-state index in [1.54, 1.807) is 18.2 Å². The first-order valence-corrected chi connectivity index (χ1v) is 9.43. The summed E-state index contributed by atoms with van der Waals surface area (Å²) in [7, 11) is -4.12. The number of carbonyl (C=O) groups excluding carboxylic acids is 2. The van der Waals surface area contributed by atoms with E-state index in [2.05, 4.69) is 5.32 Å². The first-order valence-electron chi connectivity index (χ1n) is 7.89. The zero-order valence-corrected chi connectivity index (χ0v) is 15.1. The molecule has 0 fully saturated rings. The lowest BCUT2D eigenvalue weighted by Gasteiger charge is -2.08. The Morgan fingerprint density at radius 3 is 2.64 bits per heavy atom.